The molecule has 3 aromatic heterocycles. The first-order chi connectivity index (χ1) is 16.9. The van der Waals surface area contributed by atoms with Crippen LogP contribution >= 0.6 is 0 Å². The molecule has 182 valence electrons. The first-order valence-electron chi connectivity index (χ1n) is 11.8. The number of aryl methyl sites for hydroxylation is 1. The highest BCUT2D eigenvalue weighted by molar-refractivity contribution is 5.97. The van der Waals surface area contributed by atoms with Gasteiger partial charge < -0.3 is 11.1 Å². The number of halogens is 1. The second-order valence-electron chi connectivity index (χ2n) is 9.27. The van der Waals surface area contributed by atoms with Crippen LogP contribution in [0.4, 0.5) is 10.1 Å². The summed E-state index contributed by atoms with van der Waals surface area (Å²) >= 11 is 0. The molecule has 3 unspecified atom stereocenters. The molecule has 35 heavy (non-hydrogen) atoms. The average Bonchev–Trinajstić information content (AvgIpc) is 3.30. The Morgan fingerprint density at radius 1 is 1.17 bits per heavy atom. The van der Waals surface area contributed by atoms with E-state index in [1.807, 2.05) is 26.4 Å². The number of aldehydes is 1. The Balaban J connectivity index is 0.000000168. The maximum Gasteiger partial charge on any atom is 0.152 e. The minimum absolute atomic E-state index is 0.336. The van der Waals surface area contributed by atoms with Crippen LogP contribution in [0.15, 0.2) is 49.1 Å². The van der Waals surface area contributed by atoms with Crippen LogP contribution in [0.1, 0.15) is 53.7 Å². The molecular formula is C27H31FN6O. The van der Waals surface area contributed by atoms with Gasteiger partial charge in [-0.05, 0) is 67.9 Å². The number of aromatic nitrogens is 4. The molecule has 1 aromatic carbocycles. The molecular weight excluding hydrogens is 443 g/mol. The van der Waals surface area contributed by atoms with Crippen molar-refractivity contribution in [3.63, 3.8) is 0 Å². The summed E-state index contributed by atoms with van der Waals surface area (Å²) in [5.41, 5.74) is 11.9. The van der Waals surface area contributed by atoms with E-state index in [1.165, 1.54) is 24.1 Å². The van der Waals surface area contributed by atoms with E-state index in [1.54, 1.807) is 18.5 Å². The molecule has 4 aromatic rings. The van der Waals surface area contributed by atoms with Crippen LogP contribution in [0.3, 0.4) is 0 Å². The summed E-state index contributed by atoms with van der Waals surface area (Å²) in [6.07, 6.45) is 11.2. The quantitative estimate of drug-likeness (QED) is 0.349. The smallest absolute Gasteiger partial charge is 0.152 e. The second kappa shape index (κ2) is 10.7. The number of pyridine rings is 2. The number of H-pyrrole nitrogens is 1. The van der Waals surface area contributed by atoms with Crippen molar-refractivity contribution in [3.05, 3.63) is 71.7 Å². The molecule has 1 fully saturated rings. The van der Waals surface area contributed by atoms with Crippen molar-refractivity contribution in [2.24, 2.45) is 11.7 Å². The molecule has 3 heterocycles. The molecule has 8 heteroatoms. The van der Waals surface area contributed by atoms with E-state index in [0.717, 1.165) is 41.3 Å². The van der Waals surface area contributed by atoms with Gasteiger partial charge in [-0.3, -0.25) is 19.9 Å². The van der Waals surface area contributed by atoms with Crippen molar-refractivity contribution in [1.82, 2.24) is 20.2 Å². The van der Waals surface area contributed by atoms with Gasteiger partial charge in [0, 0.05) is 53.3 Å². The summed E-state index contributed by atoms with van der Waals surface area (Å²) in [5.74, 6) is 0.923. The number of anilines is 1. The first kappa shape index (κ1) is 24.5. The van der Waals surface area contributed by atoms with Crippen LogP contribution in [0.25, 0.3) is 22.0 Å². The molecule has 0 radical (unpaired) electrons. The third-order valence-electron chi connectivity index (χ3n) is 6.64. The Labute approximate surface area is 204 Å². The van der Waals surface area contributed by atoms with Gasteiger partial charge in [0.15, 0.2) is 6.29 Å². The minimum Gasteiger partial charge on any atom is -0.387 e. The normalized spacial score (nSPS) is 19.6. The van der Waals surface area contributed by atoms with Gasteiger partial charge in [0.05, 0.1) is 23.6 Å². The fourth-order valence-corrected chi connectivity index (χ4v) is 4.97. The van der Waals surface area contributed by atoms with Crippen LogP contribution in [0, 0.1) is 18.7 Å². The molecule has 3 atom stereocenters. The molecule has 0 amide bonds. The van der Waals surface area contributed by atoms with Gasteiger partial charge in [-0.2, -0.15) is 5.10 Å². The van der Waals surface area contributed by atoms with Gasteiger partial charge >= 0.3 is 0 Å². The van der Waals surface area contributed by atoms with Crippen molar-refractivity contribution < 1.29 is 9.18 Å². The number of fused-ring (bicyclic) bond motifs is 1. The molecule has 1 saturated carbocycles. The number of rotatable bonds is 4. The van der Waals surface area contributed by atoms with Crippen LogP contribution in [-0.2, 0) is 0 Å². The SMILES string of the molecule is CNc1cnccc1C1CC(C)CC(N)C1.Cc1[nH]ncc1-c1cnc2c(C=O)ccc(F)c2c1. The highest BCUT2D eigenvalue weighted by atomic mass is 19.1. The third-order valence-corrected chi connectivity index (χ3v) is 6.64. The lowest BCUT2D eigenvalue weighted by Crippen LogP contribution is -2.31. The Morgan fingerprint density at radius 3 is 2.69 bits per heavy atom. The van der Waals surface area contributed by atoms with Gasteiger partial charge in [0.2, 0.25) is 0 Å². The second-order valence-corrected chi connectivity index (χ2v) is 9.27. The van der Waals surface area contributed by atoms with Gasteiger partial charge in [0.25, 0.3) is 0 Å². The molecule has 0 spiro atoms. The van der Waals surface area contributed by atoms with Crippen molar-refractivity contribution >= 4 is 22.9 Å². The van der Waals surface area contributed by atoms with E-state index in [9.17, 15) is 9.18 Å². The summed E-state index contributed by atoms with van der Waals surface area (Å²) in [6.45, 7) is 4.18. The van der Waals surface area contributed by atoms with Gasteiger partial charge in [0.1, 0.15) is 5.82 Å². The number of benzene rings is 1. The van der Waals surface area contributed by atoms with Gasteiger partial charge in [-0.25, -0.2) is 4.39 Å². The van der Waals surface area contributed by atoms with Crippen molar-refractivity contribution in [2.75, 3.05) is 12.4 Å². The number of hydrogen-bond acceptors (Lipinski definition) is 6. The zero-order valence-corrected chi connectivity index (χ0v) is 20.3. The molecule has 7 nitrogen and oxygen atoms in total. The number of nitrogens with two attached hydrogens (primary N) is 1. The predicted molar refractivity (Wildman–Crippen MR) is 137 cm³/mol. The molecule has 0 aliphatic heterocycles. The first-order valence-corrected chi connectivity index (χ1v) is 11.8. The lowest BCUT2D eigenvalue weighted by molar-refractivity contribution is 0.112. The van der Waals surface area contributed by atoms with Crippen molar-refractivity contribution in [1.29, 1.82) is 0 Å². The van der Waals surface area contributed by atoms with Crippen LogP contribution < -0.4 is 11.1 Å². The monoisotopic (exact) mass is 474 g/mol. The van der Waals surface area contributed by atoms with Crippen LogP contribution in [0.5, 0.6) is 0 Å². The molecule has 1 aliphatic rings. The standard InChI is InChI=1S/C14H10FN3O.C13H21N3/c1-8-12(6-17-18-8)10-4-11-13(15)3-2-9(7-19)14(11)16-5-10;1-9-5-10(7-11(14)6-9)12-3-4-16-8-13(12)15-2/h2-7H,1H3,(H,17,18);3-4,8-11,15H,5-7,14H2,1-2H3. The zero-order valence-electron chi connectivity index (χ0n) is 20.3. The van der Waals surface area contributed by atoms with E-state index in [2.05, 4.69) is 38.5 Å². The Kier molecular flexibility index (Phi) is 7.51. The number of carbonyl (C=O) groups excluding carboxylic acids is 1. The largest absolute Gasteiger partial charge is 0.387 e. The minimum atomic E-state index is -0.393. The molecule has 5 rings (SSSR count). The topological polar surface area (TPSA) is 110 Å². The molecule has 0 bridgehead atoms. The van der Waals surface area contributed by atoms with E-state index in [4.69, 9.17) is 5.73 Å². The number of nitrogens with zero attached hydrogens (tertiary/aromatic N) is 3. The molecule has 1 aliphatic carbocycles. The van der Waals surface area contributed by atoms with Crippen LogP contribution in [-0.4, -0.2) is 39.5 Å². The summed E-state index contributed by atoms with van der Waals surface area (Å²) < 4.78 is 13.8. The Bertz CT molecular complexity index is 1310. The summed E-state index contributed by atoms with van der Waals surface area (Å²) in [7, 11) is 1.95. The average molecular weight is 475 g/mol. The molecule has 0 saturated heterocycles. The van der Waals surface area contributed by atoms with E-state index in [0.29, 0.717) is 34.7 Å². The Hall–Kier alpha value is -3.65. The number of hydrogen-bond donors (Lipinski definition) is 3. The van der Waals surface area contributed by atoms with Gasteiger partial charge in [-0.1, -0.05) is 6.92 Å². The van der Waals surface area contributed by atoms with Crippen LogP contribution in [0.2, 0.25) is 0 Å². The third kappa shape index (κ3) is 5.38. The zero-order chi connectivity index (χ0) is 24.9. The lowest BCUT2D eigenvalue weighted by atomic mass is 9.76. The highest BCUT2D eigenvalue weighted by Gasteiger charge is 2.26. The fraction of sp³-hybridized carbons (Fsp3) is 0.333. The lowest BCUT2D eigenvalue weighted by Gasteiger charge is -2.32. The Morgan fingerprint density at radius 2 is 2.00 bits per heavy atom. The summed E-state index contributed by atoms with van der Waals surface area (Å²) in [6, 6.07) is 6.87. The van der Waals surface area contributed by atoms with Crippen molar-refractivity contribution in [2.45, 2.75) is 45.1 Å². The maximum absolute atomic E-state index is 13.8. The fourth-order valence-electron chi connectivity index (χ4n) is 4.97. The maximum atomic E-state index is 13.8. The van der Waals surface area contributed by atoms with Gasteiger partial charge in [-0.15, -0.1) is 0 Å². The van der Waals surface area contributed by atoms with E-state index in [-0.39, 0.29) is 0 Å². The number of carbonyl (C=O) groups is 1. The van der Waals surface area contributed by atoms with Crippen molar-refractivity contribution in [3.8, 4) is 11.1 Å². The molecule has 4 N–H and O–H groups in total. The van der Waals surface area contributed by atoms with E-state index >= 15 is 0 Å². The summed E-state index contributed by atoms with van der Waals surface area (Å²) in [5, 5.41) is 10.3. The highest BCUT2D eigenvalue weighted by Crippen LogP contribution is 2.38. The number of nitrogens with one attached hydrogen (secondary N) is 2. The summed E-state index contributed by atoms with van der Waals surface area (Å²) in [4.78, 5) is 19.3. The van der Waals surface area contributed by atoms with E-state index < -0.39 is 5.82 Å². The predicted octanol–water partition coefficient (Wildman–Crippen LogP) is 5.24. The number of aromatic amines is 1.